The number of aromatic nitrogens is 6. The van der Waals surface area contributed by atoms with E-state index in [1.165, 1.54) is 33.5 Å². The molecule has 4 heterocycles. The van der Waals surface area contributed by atoms with E-state index in [2.05, 4.69) is 20.4 Å². The normalized spacial score (nSPS) is 15.1. The quantitative estimate of drug-likeness (QED) is 0.478. The number of aryl methyl sites for hydroxylation is 2. The highest BCUT2D eigenvalue weighted by atomic mass is 32.1. The fraction of sp³-hybridized carbons (Fsp3) is 0.273. The fourth-order valence-corrected chi connectivity index (χ4v) is 4.23. The Kier molecular flexibility index (Phi) is 1.43. The van der Waals surface area contributed by atoms with Gasteiger partial charge in [-0.2, -0.15) is 0 Å². The van der Waals surface area contributed by atoms with Crippen LogP contribution in [-0.2, 0) is 12.8 Å². The number of hydrogen-bond acceptors (Lipinski definition) is 5. The first kappa shape index (κ1) is 8.98. The third-order valence-corrected chi connectivity index (χ3v) is 4.93. The molecule has 4 aromatic rings. The first-order chi connectivity index (χ1) is 8.93. The molecule has 0 N–H and O–H groups in total. The van der Waals surface area contributed by atoms with Crippen molar-refractivity contribution in [1.82, 2.24) is 29.2 Å². The monoisotopic (exact) mass is 256 g/mol. The van der Waals surface area contributed by atoms with E-state index in [0.717, 1.165) is 17.8 Å². The van der Waals surface area contributed by atoms with E-state index in [1.54, 1.807) is 12.7 Å². The van der Waals surface area contributed by atoms with E-state index in [4.69, 9.17) is 0 Å². The average molecular weight is 256 g/mol. The van der Waals surface area contributed by atoms with Crippen molar-refractivity contribution in [3.05, 3.63) is 23.1 Å². The van der Waals surface area contributed by atoms with E-state index >= 15 is 0 Å². The Bertz CT molecular complexity index is 914. The molecule has 0 unspecified atom stereocenters. The van der Waals surface area contributed by atoms with Gasteiger partial charge in [0.25, 0.3) is 0 Å². The van der Waals surface area contributed by atoms with Crippen LogP contribution in [0.1, 0.15) is 16.9 Å². The Labute approximate surface area is 105 Å². The highest BCUT2D eigenvalue weighted by Crippen LogP contribution is 2.39. The van der Waals surface area contributed by atoms with Gasteiger partial charge in [-0.1, -0.05) is 0 Å². The highest BCUT2D eigenvalue weighted by Gasteiger charge is 2.23. The Hall–Kier alpha value is -2.02. The standard InChI is InChI=1S/C11H8N6S/c1-2-6-7(3-1)18-10-8(6)9-14-12-4-16(9)11-15-13-5-17(10)11/h4-5H,1-3H2. The average Bonchev–Trinajstić information content (AvgIpc) is 3.10. The van der Waals surface area contributed by atoms with Gasteiger partial charge in [0.2, 0.25) is 5.78 Å². The molecule has 0 spiro atoms. The van der Waals surface area contributed by atoms with Gasteiger partial charge < -0.3 is 0 Å². The van der Waals surface area contributed by atoms with Crippen LogP contribution < -0.4 is 0 Å². The molecule has 5 rings (SSSR count). The van der Waals surface area contributed by atoms with E-state index in [0.29, 0.717) is 0 Å². The highest BCUT2D eigenvalue weighted by molar-refractivity contribution is 7.19. The fourth-order valence-electron chi connectivity index (χ4n) is 2.88. The predicted molar refractivity (Wildman–Crippen MR) is 66.9 cm³/mol. The molecule has 1 aliphatic rings. The third-order valence-electron chi connectivity index (χ3n) is 3.64. The van der Waals surface area contributed by atoms with Crippen molar-refractivity contribution < 1.29 is 0 Å². The van der Waals surface area contributed by atoms with Crippen molar-refractivity contribution >= 4 is 33.0 Å². The SMILES string of the molecule is c1nnc2c3c4c(sc3n3cnnc3n12)CCC4. The molecule has 0 radical (unpaired) electrons. The van der Waals surface area contributed by atoms with Crippen molar-refractivity contribution in [1.29, 1.82) is 0 Å². The van der Waals surface area contributed by atoms with Crippen LogP contribution in [0.25, 0.3) is 21.6 Å². The first-order valence-electron chi connectivity index (χ1n) is 5.89. The van der Waals surface area contributed by atoms with Gasteiger partial charge in [-0.05, 0) is 24.8 Å². The Morgan fingerprint density at radius 3 is 2.94 bits per heavy atom. The maximum absolute atomic E-state index is 4.26. The molecule has 0 saturated carbocycles. The minimum atomic E-state index is 0.780. The van der Waals surface area contributed by atoms with Gasteiger partial charge in [0.1, 0.15) is 17.5 Å². The number of thiophene rings is 1. The molecule has 7 heteroatoms. The van der Waals surface area contributed by atoms with E-state index in [9.17, 15) is 0 Å². The van der Waals surface area contributed by atoms with Crippen LogP contribution in [0, 0.1) is 0 Å². The summed E-state index contributed by atoms with van der Waals surface area (Å²) in [6.07, 6.45) is 7.04. The zero-order chi connectivity index (χ0) is 11.7. The van der Waals surface area contributed by atoms with Crippen LogP contribution in [0.3, 0.4) is 0 Å². The van der Waals surface area contributed by atoms with E-state index in [-0.39, 0.29) is 0 Å². The van der Waals surface area contributed by atoms with Gasteiger partial charge in [0.15, 0.2) is 5.65 Å². The molecule has 0 aromatic carbocycles. The van der Waals surface area contributed by atoms with Crippen LogP contribution in [0.2, 0.25) is 0 Å². The summed E-state index contributed by atoms with van der Waals surface area (Å²) in [6, 6.07) is 0. The summed E-state index contributed by atoms with van der Waals surface area (Å²) in [6.45, 7) is 0. The van der Waals surface area contributed by atoms with Gasteiger partial charge >= 0.3 is 0 Å². The zero-order valence-corrected chi connectivity index (χ0v) is 10.2. The van der Waals surface area contributed by atoms with Crippen molar-refractivity contribution in [2.24, 2.45) is 0 Å². The lowest BCUT2D eigenvalue weighted by molar-refractivity contribution is 0.917. The second kappa shape index (κ2) is 2.86. The van der Waals surface area contributed by atoms with Crippen molar-refractivity contribution in [2.45, 2.75) is 19.3 Å². The van der Waals surface area contributed by atoms with E-state index < -0.39 is 0 Å². The van der Waals surface area contributed by atoms with Crippen molar-refractivity contribution in [2.75, 3.05) is 0 Å². The summed E-state index contributed by atoms with van der Waals surface area (Å²) in [5.41, 5.74) is 2.36. The van der Waals surface area contributed by atoms with Gasteiger partial charge in [-0.25, -0.2) is 4.40 Å². The summed E-state index contributed by atoms with van der Waals surface area (Å²) >= 11 is 1.84. The third kappa shape index (κ3) is 0.872. The molecule has 0 amide bonds. The summed E-state index contributed by atoms with van der Waals surface area (Å²) in [5.74, 6) is 0.780. The molecule has 0 atom stereocenters. The van der Waals surface area contributed by atoms with Gasteiger partial charge in [-0.15, -0.1) is 31.7 Å². The van der Waals surface area contributed by atoms with Crippen LogP contribution in [-0.4, -0.2) is 29.2 Å². The Morgan fingerprint density at radius 1 is 1.06 bits per heavy atom. The Morgan fingerprint density at radius 2 is 1.94 bits per heavy atom. The van der Waals surface area contributed by atoms with Crippen LogP contribution >= 0.6 is 11.3 Å². The molecule has 6 nitrogen and oxygen atoms in total. The number of hydrogen-bond donors (Lipinski definition) is 0. The predicted octanol–water partition coefficient (Wildman–Crippen LogP) is 1.48. The molecular formula is C11H8N6S. The van der Waals surface area contributed by atoms with Crippen LogP contribution in [0.15, 0.2) is 12.7 Å². The summed E-state index contributed by atoms with van der Waals surface area (Å²) in [5, 5.41) is 17.7. The maximum atomic E-state index is 4.26. The molecule has 18 heavy (non-hydrogen) atoms. The maximum Gasteiger partial charge on any atom is 0.243 e. The molecule has 0 fully saturated rings. The number of nitrogens with zero attached hydrogens (tertiary/aromatic N) is 6. The largest absolute Gasteiger partial charge is 0.257 e. The molecule has 0 saturated heterocycles. The van der Waals surface area contributed by atoms with Crippen LogP contribution in [0.4, 0.5) is 0 Å². The summed E-state index contributed by atoms with van der Waals surface area (Å²) in [7, 11) is 0. The summed E-state index contributed by atoms with van der Waals surface area (Å²) in [4.78, 5) is 2.68. The second-order valence-electron chi connectivity index (χ2n) is 4.56. The smallest absolute Gasteiger partial charge is 0.243 e. The number of fused-ring (bicyclic) bond motifs is 8. The first-order valence-corrected chi connectivity index (χ1v) is 6.71. The van der Waals surface area contributed by atoms with Gasteiger partial charge in [-0.3, -0.25) is 4.40 Å². The van der Waals surface area contributed by atoms with Crippen molar-refractivity contribution in [3.63, 3.8) is 0 Å². The molecule has 88 valence electrons. The summed E-state index contributed by atoms with van der Waals surface area (Å²) < 4.78 is 3.95. The zero-order valence-electron chi connectivity index (χ0n) is 9.37. The topological polar surface area (TPSA) is 60.4 Å². The van der Waals surface area contributed by atoms with Gasteiger partial charge in [0, 0.05) is 4.88 Å². The van der Waals surface area contributed by atoms with E-state index in [1.807, 2.05) is 20.1 Å². The lowest BCUT2D eigenvalue weighted by Crippen LogP contribution is -1.95. The minimum absolute atomic E-state index is 0.780. The second-order valence-corrected chi connectivity index (χ2v) is 5.65. The number of rotatable bonds is 0. The molecule has 4 aromatic heterocycles. The van der Waals surface area contributed by atoms with Gasteiger partial charge in [0.05, 0.1) is 5.39 Å². The molecule has 1 aliphatic carbocycles. The molecule has 0 bridgehead atoms. The molecular weight excluding hydrogens is 248 g/mol. The minimum Gasteiger partial charge on any atom is -0.257 e. The van der Waals surface area contributed by atoms with Crippen molar-refractivity contribution in [3.8, 4) is 0 Å². The lowest BCUT2D eigenvalue weighted by atomic mass is 10.2. The molecule has 0 aliphatic heterocycles. The lowest BCUT2D eigenvalue weighted by Gasteiger charge is -2.00. The van der Waals surface area contributed by atoms with Crippen LogP contribution in [0.5, 0.6) is 0 Å². The Balaban J connectivity index is 2.20.